The first kappa shape index (κ1) is 15.9. The Hall–Kier alpha value is -1.53. The van der Waals surface area contributed by atoms with Crippen molar-refractivity contribution in [3.8, 4) is 0 Å². The van der Waals surface area contributed by atoms with Crippen LogP contribution in [0.3, 0.4) is 0 Å². The van der Waals surface area contributed by atoms with Crippen molar-refractivity contribution >= 4 is 5.91 Å². The molecule has 1 saturated heterocycles. The van der Waals surface area contributed by atoms with Gasteiger partial charge in [0.25, 0.3) is 0 Å². The minimum absolute atomic E-state index is 0.0188. The Labute approximate surface area is 123 Å². The van der Waals surface area contributed by atoms with E-state index in [0.717, 1.165) is 18.7 Å². The molecule has 0 bridgehead atoms. The lowest BCUT2D eigenvalue weighted by Crippen LogP contribution is -2.45. The highest BCUT2D eigenvalue weighted by molar-refractivity contribution is 5.76. The molecule has 0 aromatic heterocycles. The highest BCUT2D eigenvalue weighted by atomic mass is 19.2. The lowest BCUT2D eigenvalue weighted by atomic mass is 10.1. The molecule has 2 rings (SSSR count). The normalized spacial score (nSPS) is 18.5. The van der Waals surface area contributed by atoms with Crippen molar-refractivity contribution in [3.05, 3.63) is 35.4 Å². The summed E-state index contributed by atoms with van der Waals surface area (Å²) in [6, 6.07) is 3.73. The summed E-state index contributed by atoms with van der Waals surface area (Å²) in [6.45, 7) is 4.59. The molecule has 4 nitrogen and oxygen atoms in total. The minimum atomic E-state index is -0.890. The second kappa shape index (κ2) is 7.47. The maximum atomic E-state index is 13.2. The van der Waals surface area contributed by atoms with Crippen LogP contribution in [0.25, 0.3) is 0 Å². The monoisotopic (exact) mass is 298 g/mol. The van der Waals surface area contributed by atoms with Crippen LogP contribution in [0.4, 0.5) is 8.78 Å². The summed E-state index contributed by atoms with van der Waals surface area (Å²) < 4.78 is 31.4. The predicted octanol–water partition coefficient (Wildman–Crippen LogP) is 1.69. The summed E-state index contributed by atoms with van der Waals surface area (Å²) in [7, 11) is 0. The second-order valence-corrected chi connectivity index (χ2v) is 5.09. The molecule has 0 aliphatic carbocycles. The molecular formula is C15H20F2N2O2. The molecule has 1 N–H and O–H groups in total. The number of amides is 1. The summed E-state index contributed by atoms with van der Waals surface area (Å²) >= 11 is 0. The van der Waals surface area contributed by atoms with Gasteiger partial charge in [0.1, 0.15) is 0 Å². The van der Waals surface area contributed by atoms with E-state index in [1.165, 1.54) is 6.07 Å². The number of ether oxygens (including phenoxy) is 1. The number of morpholine rings is 1. The van der Waals surface area contributed by atoms with E-state index in [1.807, 2.05) is 6.92 Å². The van der Waals surface area contributed by atoms with Gasteiger partial charge in [-0.3, -0.25) is 4.79 Å². The van der Waals surface area contributed by atoms with Gasteiger partial charge in [-0.05, 0) is 24.6 Å². The maximum Gasteiger partial charge on any atom is 0.224 e. The highest BCUT2D eigenvalue weighted by Gasteiger charge is 2.20. The lowest BCUT2D eigenvalue weighted by Gasteiger charge is -2.27. The van der Waals surface area contributed by atoms with E-state index < -0.39 is 11.6 Å². The highest BCUT2D eigenvalue weighted by Crippen LogP contribution is 2.12. The van der Waals surface area contributed by atoms with Crippen LogP contribution in [0.15, 0.2) is 18.2 Å². The number of hydrogen-bond donors (Lipinski definition) is 1. The quantitative estimate of drug-likeness (QED) is 0.899. The first-order valence-electron chi connectivity index (χ1n) is 7.13. The van der Waals surface area contributed by atoms with Crippen molar-refractivity contribution in [2.45, 2.75) is 25.9 Å². The third-order valence-corrected chi connectivity index (χ3v) is 3.51. The number of nitrogens with one attached hydrogen (secondary N) is 1. The smallest absolute Gasteiger partial charge is 0.224 e. The van der Waals surface area contributed by atoms with Crippen molar-refractivity contribution in [2.75, 3.05) is 26.3 Å². The number of nitrogens with zero attached hydrogens (tertiary/aromatic N) is 1. The molecule has 1 heterocycles. The van der Waals surface area contributed by atoms with Gasteiger partial charge in [-0.25, -0.2) is 8.78 Å². The molecule has 0 spiro atoms. The van der Waals surface area contributed by atoms with Gasteiger partial charge in [-0.15, -0.1) is 0 Å². The maximum absolute atomic E-state index is 13.2. The molecule has 116 valence electrons. The summed E-state index contributed by atoms with van der Waals surface area (Å²) in [6.07, 6.45) is 0.345. The standard InChI is InChI=1S/C15H20F2N2O2/c1-2-19(9-11-3-4-13(16)14(17)7-11)15(20)8-12-10-21-6-5-18-12/h3-4,7,12,18H,2,5-6,8-10H2,1H3. The molecule has 1 aliphatic rings. The van der Waals surface area contributed by atoms with Gasteiger partial charge in [-0.2, -0.15) is 0 Å². The van der Waals surface area contributed by atoms with Crippen LogP contribution in [-0.2, 0) is 16.1 Å². The average molecular weight is 298 g/mol. The fourth-order valence-corrected chi connectivity index (χ4v) is 2.33. The van der Waals surface area contributed by atoms with Gasteiger partial charge in [0.2, 0.25) is 5.91 Å². The fourth-order valence-electron chi connectivity index (χ4n) is 2.33. The van der Waals surface area contributed by atoms with Crippen molar-refractivity contribution in [2.24, 2.45) is 0 Å². The van der Waals surface area contributed by atoms with Crippen LogP contribution < -0.4 is 5.32 Å². The number of carbonyl (C=O) groups is 1. The summed E-state index contributed by atoms with van der Waals surface area (Å²) in [4.78, 5) is 13.9. The van der Waals surface area contributed by atoms with Crippen LogP contribution >= 0.6 is 0 Å². The van der Waals surface area contributed by atoms with E-state index in [4.69, 9.17) is 4.74 Å². The van der Waals surface area contributed by atoms with Crippen molar-refractivity contribution in [3.63, 3.8) is 0 Å². The Morgan fingerprint density at radius 2 is 2.24 bits per heavy atom. The van der Waals surface area contributed by atoms with Gasteiger partial charge in [0.15, 0.2) is 11.6 Å². The average Bonchev–Trinajstić information content (AvgIpc) is 2.49. The zero-order valence-electron chi connectivity index (χ0n) is 12.1. The molecule has 1 aromatic carbocycles. The van der Waals surface area contributed by atoms with Gasteiger partial charge in [0, 0.05) is 32.1 Å². The molecule has 1 unspecified atom stereocenters. The van der Waals surface area contributed by atoms with Crippen molar-refractivity contribution in [1.82, 2.24) is 10.2 Å². The van der Waals surface area contributed by atoms with E-state index in [9.17, 15) is 13.6 Å². The SMILES string of the molecule is CCN(Cc1ccc(F)c(F)c1)C(=O)CC1COCCN1. The van der Waals surface area contributed by atoms with Crippen LogP contribution in [0.2, 0.25) is 0 Å². The molecule has 6 heteroatoms. The van der Waals surface area contributed by atoms with Gasteiger partial charge in [-0.1, -0.05) is 6.07 Å². The van der Waals surface area contributed by atoms with Crippen LogP contribution in [0.1, 0.15) is 18.9 Å². The van der Waals surface area contributed by atoms with Gasteiger partial charge in [0.05, 0.1) is 13.2 Å². The Kier molecular flexibility index (Phi) is 5.64. The summed E-state index contributed by atoms with van der Waals surface area (Å²) in [5, 5.41) is 3.23. The lowest BCUT2D eigenvalue weighted by molar-refractivity contribution is -0.132. The van der Waals surface area contributed by atoms with Crippen molar-refractivity contribution in [1.29, 1.82) is 0 Å². The fraction of sp³-hybridized carbons (Fsp3) is 0.533. The molecule has 1 aromatic rings. The molecule has 1 aliphatic heterocycles. The summed E-state index contributed by atoms with van der Waals surface area (Å²) in [5.41, 5.74) is 0.581. The topological polar surface area (TPSA) is 41.6 Å². The van der Waals surface area contributed by atoms with E-state index in [1.54, 1.807) is 4.90 Å². The van der Waals surface area contributed by atoms with Crippen molar-refractivity contribution < 1.29 is 18.3 Å². The molecule has 0 saturated carbocycles. The number of benzene rings is 1. The van der Waals surface area contributed by atoms with Gasteiger partial charge < -0.3 is 15.0 Å². The number of rotatable bonds is 5. The minimum Gasteiger partial charge on any atom is -0.378 e. The Morgan fingerprint density at radius 3 is 2.86 bits per heavy atom. The zero-order valence-corrected chi connectivity index (χ0v) is 12.1. The largest absolute Gasteiger partial charge is 0.378 e. The molecule has 0 radical (unpaired) electrons. The van der Waals surface area contributed by atoms with E-state index in [0.29, 0.717) is 31.7 Å². The predicted molar refractivity (Wildman–Crippen MR) is 74.7 cm³/mol. The Balaban J connectivity index is 1.94. The van der Waals surface area contributed by atoms with Crippen LogP contribution in [0.5, 0.6) is 0 Å². The first-order valence-corrected chi connectivity index (χ1v) is 7.13. The van der Waals surface area contributed by atoms with Crippen LogP contribution in [-0.4, -0.2) is 43.2 Å². The molecule has 21 heavy (non-hydrogen) atoms. The molecule has 1 atom stereocenters. The second-order valence-electron chi connectivity index (χ2n) is 5.09. The number of carbonyl (C=O) groups excluding carboxylic acids is 1. The third kappa shape index (κ3) is 4.47. The molecular weight excluding hydrogens is 278 g/mol. The van der Waals surface area contributed by atoms with E-state index >= 15 is 0 Å². The van der Waals surface area contributed by atoms with E-state index in [2.05, 4.69) is 5.32 Å². The first-order chi connectivity index (χ1) is 10.1. The summed E-state index contributed by atoms with van der Waals surface area (Å²) in [5.74, 6) is -1.79. The molecule has 1 amide bonds. The number of halogens is 2. The Bertz CT molecular complexity index is 491. The Morgan fingerprint density at radius 1 is 1.43 bits per heavy atom. The molecule has 1 fully saturated rings. The zero-order chi connectivity index (χ0) is 15.2. The van der Waals surface area contributed by atoms with E-state index in [-0.39, 0.29) is 18.5 Å². The van der Waals surface area contributed by atoms with Gasteiger partial charge >= 0.3 is 0 Å². The third-order valence-electron chi connectivity index (χ3n) is 3.51. The van der Waals surface area contributed by atoms with Crippen LogP contribution in [0, 0.1) is 11.6 Å². The number of hydrogen-bond acceptors (Lipinski definition) is 3.